The molecule has 2 aromatic rings. The maximum absolute atomic E-state index is 12.3. The first-order chi connectivity index (χ1) is 15.0. The number of nitrogens with one attached hydrogen (secondary N) is 1. The van der Waals surface area contributed by atoms with E-state index in [1.165, 1.54) is 49.7 Å². The minimum Gasteiger partial charge on any atom is -0.462 e. The predicted octanol–water partition coefficient (Wildman–Crippen LogP) is 2.84. The summed E-state index contributed by atoms with van der Waals surface area (Å²) in [5.74, 6) is -1.92. The van der Waals surface area contributed by atoms with Gasteiger partial charge in [0.2, 0.25) is 10.0 Å². The molecule has 0 aliphatic rings. The Morgan fingerprint density at radius 2 is 1.66 bits per heavy atom. The highest BCUT2D eigenvalue weighted by molar-refractivity contribution is 7.89. The van der Waals surface area contributed by atoms with Gasteiger partial charge in [0.1, 0.15) is 5.00 Å². The maximum Gasteiger partial charge on any atom is 0.341 e. The number of thiophene rings is 1. The number of benzene rings is 1. The fourth-order valence-electron chi connectivity index (χ4n) is 2.79. The highest BCUT2D eigenvalue weighted by Crippen LogP contribution is 2.34. The lowest BCUT2D eigenvalue weighted by atomic mass is 10.1. The van der Waals surface area contributed by atoms with Crippen LogP contribution in [0.1, 0.15) is 45.0 Å². The molecule has 0 spiro atoms. The average molecular weight is 483 g/mol. The van der Waals surface area contributed by atoms with E-state index >= 15 is 0 Å². The van der Waals surface area contributed by atoms with Gasteiger partial charge in [-0.15, -0.1) is 11.3 Å². The van der Waals surface area contributed by atoms with Crippen LogP contribution < -0.4 is 5.32 Å². The highest BCUT2D eigenvalue weighted by atomic mass is 32.2. The molecule has 0 atom stereocenters. The molecule has 32 heavy (non-hydrogen) atoms. The minimum atomic E-state index is -3.62. The van der Waals surface area contributed by atoms with E-state index in [2.05, 4.69) is 5.32 Å². The van der Waals surface area contributed by atoms with Crippen LogP contribution in [0.25, 0.3) is 0 Å². The lowest BCUT2D eigenvalue weighted by Crippen LogP contribution is -2.23. The summed E-state index contributed by atoms with van der Waals surface area (Å²) in [6.45, 7) is 5.06. The van der Waals surface area contributed by atoms with Crippen LogP contribution in [-0.4, -0.2) is 57.9 Å². The van der Waals surface area contributed by atoms with Gasteiger partial charge in [-0.05, 0) is 50.1 Å². The number of nitrogens with zero attached hydrogens (tertiary/aromatic N) is 1. The first-order valence-electron chi connectivity index (χ1n) is 9.81. The second-order valence-electron chi connectivity index (χ2n) is 6.86. The Morgan fingerprint density at radius 1 is 1.03 bits per heavy atom. The smallest absolute Gasteiger partial charge is 0.341 e. The number of ether oxygens (including phenoxy) is 2. The molecule has 1 heterocycles. The number of carbonyl (C=O) groups excluding carboxylic acids is 3. The third kappa shape index (κ3) is 5.72. The Bertz CT molecular complexity index is 1100. The summed E-state index contributed by atoms with van der Waals surface area (Å²) in [6, 6.07) is 5.20. The average Bonchev–Trinajstić information content (AvgIpc) is 3.06. The second kappa shape index (κ2) is 10.7. The van der Waals surface area contributed by atoms with Crippen molar-refractivity contribution in [2.75, 3.05) is 32.6 Å². The number of amides is 1. The summed E-state index contributed by atoms with van der Waals surface area (Å²) < 4.78 is 35.3. The number of rotatable bonds is 9. The van der Waals surface area contributed by atoms with E-state index in [-0.39, 0.29) is 17.1 Å². The molecule has 1 aromatic heterocycles. The van der Waals surface area contributed by atoms with Crippen molar-refractivity contribution in [3.05, 3.63) is 45.8 Å². The summed E-state index contributed by atoms with van der Waals surface area (Å²) in [5, 5.41) is 2.95. The largest absolute Gasteiger partial charge is 0.462 e. The Balaban J connectivity index is 2.06. The molecule has 1 aromatic carbocycles. The molecule has 0 fully saturated rings. The normalized spacial score (nSPS) is 11.3. The van der Waals surface area contributed by atoms with Crippen LogP contribution in [0.3, 0.4) is 0 Å². The first-order valence-corrected chi connectivity index (χ1v) is 12.1. The minimum absolute atomic E-state index is 0.0306. The molecule has 2 rings (SSSR count). The quantitative estimate of drug-likeness (QED) is 0.546. The van der Waals surface area contributed by atoms with Gasteiger partial charge >= 0.3 is 11.9 Å². The van der Waals surface area contributed by atoms with Gasteiger partial charge in [0.15, 0.2) is 6.61 Å². The topological polar surface area (TPSA) is 119 Å². The second-order valence-corrected chi connectivity index (χ2v) is 10.1. The zero-order valence-electron chi connectivity index (χ0n) is 18.6. The Hall–Kier alpha value is -2.76. The number of carbonyl (C=O) groups is 3. The van der Waals surface area contributed by atoms with Gasteiger partial charge < -0.3 is 14.8 Å². The molecule has 9 nitrogen and oxygen atoms in total. The van der Waals surface area contributed by atoms with E-state index in [0.29, 0.717) is 17.0 Å². The van der Waals surface area contributed by atoms with Gasteiger partial charge in [0.25, 0.3) is 5.91 Å². The summed E-state index contributed by atoms with van der Waals surface area (Å²) in [4.78, 5) is 37.8. The molecule has 0 aliphatic heterocycles. The standard InChI is InChI=1S/C21H26N2O7S2/c1-6-16-13(3)18(21(26)29-7-2)19(31-16)22-17(24)12-30-20(25)14-8-10-15(11-9-14)32(27,28)23(4)5/h8-11H,6-7,12H2,1-5H3,(H,22,24). The van der Waals surface area contributed by atoms with Crippen LogP contribution in [0, 0.1) is 6.92 Å². The van der Waals surface area contributed by atoms with Gasteiger partial charge in [-0.2, -0.15) is 0 Å². The molecule has 0 unspecified atom stereocenters. The van der Waals surface area contributed by atoms with E-state index in [0.717, 1.165) is 14.7 Å². The van der Waals surface area contributed by atoms with Crippen LogP contribution in [0.15, 0.2) is 29.2 Å². The van der Waals surface area contributed by atoms with Gasteiger partial charge in [-0.3, -0.25) is 4.79 Å². The van der Waals surface area contributed by atoms with E-state index in [4.69, 9.17) is 9.47 Å². The highest BCUT2D eigenvalue weighted by Gasteiger charge is 2.23. The zero-order valence-corrected chi connectivity index (χ0v) is 20.2. The fourth-order valence-corrected chi connectivity index (χ4v) is 4.84. The zero-order chi connectivity index (χ0) is 24.1. The van der Waals surface area contributed by atoms with Gasteiger partial charge in [0, 0.05) is 19.0 Å². The van der Waals surface area contributed by atoms with Gasteiger partial charge in [0.05, 0.1) is 22.6 Å². The lowest BCUT2D eigenvalue weighted by molar-refractivity contribution is -0.119. The molecule has 11 heteroatoms. The Kier molecular flexibility index (Phi) is 8.53. The molecule has 1 amide bonds. The number of esters is 2. The number of hydrogen-bond acceptors (Lipinski definition) is 8. The monoisotopic (exact) mass is 482 g/mol. The van der Waals surface area contributed by atoms with Crippen molar-refractivity contribution in [2.45, 2.75) is 32.1 Å². The molecular formula is C21H26N2O7S2. The van der Waals surface area contributed by atoms with Crippen LogP contribution in [0.4, 0.5) is 5.00 Å². The van der Waals surface area contributed by atoms with Crippen molar-refractivity contribution in [3.63, 3.8) is 0 Å². The molecular weight excluding hydrogens is 456 g/mol. The van der Waals surface area contributed by atoms with E-state index in [9.17, 15) is 22.8 Å². The van der Waals surface area contributed by atoms with Crippen LogP contribution in [0.5, 0.6) is 0 Å². The maximum atomic E-state index is 12.3. The van der Waals surface area contributed by atoms with Crippen molar-refractivity contribution >= 4 is 44.2 Å². The van der Waals surface area contributed by atoms with Crippen LogP contribution in [-0.2, 0) is 30.7 Å². The van der Waals surface area contributed by atoms with Crippen molar-refractivity contribution in [2.24, 2.45) is 0 Å². The van der Waals surface area contributed by atoms with Gasteiger partial charge in [-0.25, -0.2) is 22.3 Å². The summed E-state index contributed by atoms with van der Waals surface area (Å²) in [6.07, 6.45) is 0.688. The molecule has 0 aliphatic carbocycles. The Morgan fingerprint density at radius 3 is 2.19 bits per heavy atom. The number of sulfonamides is 1. The first kappa shape index (κ1) is 25.5. The number of aryl methyl sites for hydroxylation is 1. The third-order valence-corrected chi connectivity index (χ3v) is 7.68. The van der Waals surface area contributed by atoms with Crippen molar-refractivity contribution in [1.29, 1.82) is 0 Å². The fraction of sp³-hybridized carbons (Fsp3) is 0.381. The molecule has 174 valence electrons. The molecule has 1 N–H and O–H groups in total. The number of hydrogen-bond donors (Lipinski definition) is 1. The lowest BCUT2D eigenvalue weighted by Gasteiger charge is -2.11. The van der Waals surface area contributed by atoms with Gasteiger partial charge in [-0.1, -0.05) is 6.92 Å². The van der Waals surface area contributed by atoms with Crippen LogP contribution in [0.2, 0.25) is 0 Å². The SMILES string of the molecule is CCOC(=O)c1c(NC(=O)COC(=O)c2ccc(S(=O)(=O)N(C)C)cc2)sc(CC)c1C. The van der Waals surface area contributed by atoms with E-state index in [1.807, 2.05) is 6.92 Å². The molecule has 0 bridgehead atoms. The number of anilines is 1. The summed E-state index contributed by atoms with van der Waals surface area (Å²) in [7, 11) is -0.809. The third-order valence-electron chi connectivity index (χ3n) is 4.50. The van der Waals surface area contributed by atoms with Crippen molar-refractivity contribution in [3.8, 4) is 0 Å². The molecule has 0 saturated heterocycles. The molecule has 0 saturated carbocycles. The summed E-state index contributed by atoms with van der Waals surface area (Å²) >= 11 is 1.27. The Labute approximate surface area is 191 Å². The summed E-state index contributed by atoms with van der Waals surface area (Å²) in [5.41, 5.74) is 1.14. The predicted molar refractivity (Wildman–Crippen MR) is 121 cm³/mol. The van der Waals surface area contributed by atoms with E-state index in [1.54, 1.807) is 13.8 Å². The van der Waals surface area contributed by atoms with Crippen molar-refractivity contribution in [1.82, 2.24) is 4.31 Å². The van der Waals surface area contributed by atoms with Crippen molar-refractivity contribution < 1.29 is 32.3 Å². The van der Waals surface area contributed by atoms with Crippen LogP contribution >= 0.6 is 11.3 Å². The molecule has 0 radical (unpaired) electrons. The van der Waals surface area contributed by atoms with E-state index < -0.39 is 34.5 Å².